The summed E-state index contributed by atoms with van der Waals surface area (Å²) in [6.07, 6.45) is 1.32. The standard InChI is InChI=1S/C24H30FN7O4S/c1-7-36-31-24(33)17-12-26-22(30-23-8-14(4)27-15(5)28-23)11-19(17)29-20-10-18(25)16(13(2)3)9-21(20)32(6)37(34)35/h8-13,37H,7H2,1-6H3,(H,31,33)(H2,26,27,28,29,30). The SMILES string of the molecule is CCONC(=O)c1cnc(Nc2cc(C)nc(C)n2)cc1Nc1cc(F)c(C(C)C)cc1N(C)[SH](=O)=O. The summed E-state index contributed by atoms with van der Waals surface area (Å²) in [5.41, 5.74) is 4.08. The molecule has 0 atom stereocenters. The van der Waals surface area contributed by atoms with E-state index in [1.807, 2.05) is 6.92 Å². The van der Waals surface area contributed by atoms with Gasteiger partial charge in [-0.3, -0.25) is 13.9 Å². The number of hydrogen-bond acceptors (Lipinski definition) is 9. The number of nitrogens with one attached hydrogen (secondary N) is 3. The van der Waals surface area contributed by atoms with Gasteiger partial charge in [-0.25, -0.2) is 33.2 Å². The Balaban J connectivity index is 2.11. The van der Waals surface area contributed by atoms with Gasteiger partial charge in [0.15, 0.2) is 0 Å². The first-order valence-corrected chi connectivity index (χ1v) is 12.6. The number of benzene rings is 1. The van der Waals surface area contributed by atoms with Crippen molar-refractivity contribution >= 4 is 45.5 Å². The average molecular weight is 532 g/mol. The molecule has 0 saturated carbocycles. The summed E-state index contributed by atoms with van der Waals surface area (Å²) < 4.78 is 39.6. The molecule has 0 fully saturated rings. The van der Waals surface area contributed by atoms with Crippen LogP contribution in [0.1, 0.15) is 54.1 Å². The monoisotopic (exact) mass is 531 g/mol. The number of aryl methyl sites for hydroxylation is 2. The number of pyridine rings is 1. The molecule has 0 bridgehead atoms. The fraction of sp³-hybridized carbons (Fsp3) is 0.333. The highest BCUT2D eigenvalue weighted by molar-refractivity contribution is 7.74. The Morgan fingerprint density at radius 3 is 2.43 bits per heavy atom. The van der Waals surface area contributed by atoms with E-state index in [1.165, 1.54) is 31.4 Å². The van der Waals surface area contributed by atoms with Crippen LogP contribution in [0.15, 0.2) is 30.5 Å². The van der Waals surface area contributed by atoms with Gasteiger partial charge in [0.2, 0.25) is 10.9 Å². The molecule has 0 unspecified atom stereocenters. The zero-order valence-corrected chi connectivity index (χ0v) is 22.3. The highest BCUT2D eigenvalue weighted by Gasteiger charge is 2.20. The molecule has 11 nitrogen and oxygen atoms in total. The van der Waals surface area contributed by atoms with E-state index < -0.39 is 22.6 Å². The number of hydrogen-bond donors (Lipinski definition) is 4. The van der Waals surface area contributed by atoms with Gasteiger partial charge in [0, 0.05) is 31.1 Å². The van der Waals surface area contributed by atoms with Crippen molar-refractivity contribution in [3.8, 4) is 0 Å². The molecule has 0 saturated heterocycles. The third-order valence-corrected chi connectivity index (χ3v) is 5.99. The number of amides is 1. The second kappa shape index (κ2) is 11.9. The molecule has 3 N–H and O–H groups in total. The number of halogens is 1. The van der Waals surface area contributed by atoms with Gasteiger partial charge in [0.05, 0.1) is 29.2 Å². The zero-order chi connectivity index (χ0) is 27.3. The van der Waals surface area contributed by atoms with Gasteiger partial charge in [-0.05, 0) is 44.4 Å². The molecule has 0 radical (unpaired) electrons. The quantitative estimate of drug-likeness (QED) is 0.227. The Labute approximate surface area is 216 Å². The van der Waals surface area contributed by atoms with Gasteiger partial charge >= 0.3 is 0 Å². The summed E-state index contributed by atoms with van der Waals surface area (Å²) >= 11 is 0. The Hall–Kier alpha value is -3.84. The lowest BCUT2D eigenvalue weighted by Gasteiger charge is -2.21. The molecule has 3 rings (SSSR count). The van der Waals surface area contributed by atoms with Crippen LogP contribution in [0.5, 0.6) is 0 Å². The minimum absolute atomic E-state index is 0.0857. The summed E-state index contributed by atoms with van der Waals surface area (Å²) in [5.74, 6) is 0.0863. The van der Waals surface area contributed by atoms with E-state index in [-0.39, 0.29) is 35.2 Å². The Morgan fingerprint density at radius 2 is 1.81 bits per heavy atom. The number of anilines is 5. The van der Waals surface area contributed by atoms with Crippen LogP contribution in [0.2, 0.25) is 0 Å². The van der Waals surface area contributed by atoms with Crippen LogP contribution in [0.4, 0.5) is 33.1 Å². The number of hydroxylamine groups is 1. The van der Waals surface area contributed by atoms with Crippen LogP contribution >= 0.6 is 0 Å². The van der Waals surface area contributed by atoms with Crippen molar-refractivity contribution in [1.29, 1.82) is 0 Å². The highest BCUT2D eigenvalue weighted by atomic mass is 32.2. The minimum atomic E-state index is -3.01. The number of carbonyl (C=O) groups excluding carboxylic acids is 1. The fourth-order valence-corrected chi connectivity index (χ4v) is 3.88. The zero-order valence-electron chi connectivity index (χ0n) is 21.4. The van der Waals surface area contributed by atoms with E-state index >= 15 is 0 Å². The van der Waals surface area contributed by atoms with E-state index in [2.05, 4.69) is 31.1 Å². The van der Waals surface area contributed by atoms with Gasteiger partial charge in [0.1, 0.15) is 23.3 Å². The Kier molecular flexibility index (Phi) is 8.95. The normalized spacial score (nSPS) is 11.1. The maximum absolute atomic E-state index is 15.0. The lowest BCUT2D eigenvalue weighted by molar-refractivity contribution is 0.0365. The first-order chi connectivity index (χ1) is 17.5. The van der Waals surface area contributed by atoms with Crippen molar-refractivity contribution in [1.82, 2.24) is 20.4 Å². The first kappa shape index (κ1) is 27.7. The van der Waals surface area contributed by atoms with Crippen LogP contribution in [0.25, 0.3) is 0 Å². The molecular weight excluding hydrogens is 501 g/mol. The van der Waals surface area contributed by atoms with Crippen molar-refractivity contribution in [3.63, 3.8) is 0 Å². The molecule has 1 amide bonds. The van der Waals surface area contributed by atoms with Crippen molar-refractivity contribution in [2.45, 2.75) is 40.5 Å². The van der Waals surface area contributed by atoms with Crippen LogP contribution in [0, 0.1) is 19.7 Å². The molecular formula is C24H30FN7O4S. The number of nitrogens with zero attached hydrogens (tertiary/aromatic N) is 4. The molecule has 3 aromatic rings. The van der Waals surface area contributed by atoms with E-state index in [1.54, 1.807) is 33.8 Å². The number of aromatic nitrogens is 3. The minimum Gasteiger partial charge on any atom is -0.353 e. The lowest BCUT2D eigenvalue weighted by atomic mass is 10.0. The highest BCUT2D eigenvalue weighted by Crippen LogP contribution is 2.35. The van der Waals surface area contributed by atoms with Gasteiger partial charge < -0.3 is 10.6 Å². The summed E-state index contributed by atoms with van der Waals surface area (Å²) in [6.45, 7) is 9.15. The summed E-state index contributed by atoms with van der Waals surface area (Å²) in [7, 11) is -1.65. The average Bonchev–Trinajstić information content (AvgIpc) is 2.81. The maximum atomic E-state index is 15.0. The summed E-state index contributed by atoms with van der Waals surface area (Å²) in [4.78, 5) is 30.7. The number of thiol groups is 1. The van der Waals surface area contributed by atoms with E-state index in [9.17, 15) is 17.6 Å². The summed E-state index contributed by atoms with van der Waals surface area (Å²) in [6, 6.07) is 5.94. The van der Waals surface area contributed by atoms with E-state index in [0.717, 1.165) is 10.00 Å². The van der Waals surface area contributed by atoms with E-state index in [0.29, 0.717) is 23.0 Å². The molecule has 0 spiro atoms. The summed E-state index contributed by atoms with van der Waals surface area (Å²) in [5, 5.41) is 6.08. The molecule has 0 aliphatic rings. The first-order valence-electron chi connectivity index (χ1n) is 11.5. The number of rotatable bonds is 10. The molecule has 37 heavy (non-hydrogen) atoms. The predicted octanol–water partition coefficient (Wildman–Crippen LogP) is 3.88. The van der Waals surface area contributed by atoms with Gasteiger partial charge in [-0.2, -0.15) is 0 Å². The molecule has 13 heteroatoms. The fourth-order valence-electron chi connectivity index (χ4n) is 3.53. The van der Waals surface area contributed by atoms with Crippen molar-refractivity contribution in [2.75, 3.05) is 28.6 Å². The van der Waals surface area contributed by atoms with Crippen LogP contribution < -0.4 is 20.4 Å². The van der Waals surface area contributed by atoms with Crippen LogP contribution in [0.3, 0.4) is 0 Å². The van der Waals surface area contributed by atoms with Gasteiger partial charge in [-0.15, -0.1) is 0 Å². The Morgan fingerprint density at radius 1 is 1.08 bits per heavy atom. The van der Waals surface area contributed by atoms with Crippen LogP contribution in [-0.2, 0) is 15.7 Å². The number of carbonyl (C=O) groups is 1. The third-order valence-electron chi connectivity index (χ3n) is 5.28. The van der Waals surface area contributed by atoms with Crippen molar-refractivity contribution < 1.29 is 22.4 Å². The molecule has 2 heterocycles. The van der Waals surface area contributed by atoms with Gasteiger partial charge in [-0.1, -0.05) is 13.8 Å². The molecule has 198 valence electrons. The second-order valence-electron chi connectivity index (χ2n) is 8.48. The predicted molar refractivity (Wildman–Crippen MR) is 141 cm³/mol. The van der Waals surface area contributed by atoms with Crippen molar-refractivity contribution in [3.05, 3.63) is 58.9 Å². The molecule has 2 aromatic heterocycles. The maximum Gasteiger partial charge on any atom is 0.278 e. The molecule has 0 aliphatic heterocycles. The van der Waals surface area contributed by atoms with E-state index in [4.69, 9.17) is 4.84 Å². The van der Waals surface area contributed by atoms with Crippen LogP contribution in [-0.4, -0.2) is 42.9 Å². The molecule has 1 aromatic carbocycles. The third kappa shape index (κ3) is 6.89. The van der Waals surface area contributed by atoms with Gasteiger partial charge in [0.25, 0.3) is 5.91 Å². The Bertz CT molecular complexity index is 1350. The largest absolute Gasteiger partial charge is 0.353 e. The van der Waals surface area contributed by atoms with Crippen molar-refractivity contribution in [2.24, 2.45) is 0 Å². The molecule has 0 aliphatic carbocycles. The second-order valence-corrected chi connectivity index (χ2v) is 9.55. The smallest absolute Gasteiger partial charge is 0.278 e. The lowest BCUT2D eigenvalue weighted by Crippen LogP contribution is -2.25. The topological polar surface area (TPSA) is 138 Å².